The minimum absolute atomic E-state index is 0.0176. The number of hydrogen-bond donors (Lipinski definition) is 1. The van der Waals surface area contributed by atoms with Crippen molar-refractivity contribution in [2.75, 3.05) is 32.1 Å². The topological polar surface area (TPSA) is 96.0 Å². The Morgan fingerprint density at radius 1 is 1.03 bits per heavy atom. The fraction of sp³-hybridized carbons (Fsp3) is 0.385. The Balaban J connectivity index is 1.23. The molecule has 0 spiro atoms. The molecule has 0 unspecified atom stereocenters. The maximum absolute atomic E-state index is 12.7. The van der Waals surface area contributed by atoms with Gasteiger partial charge in [0.2, 0.25) is 11.8 Å². The van der Waals surface area contributed by atoms with Crippen LogP contribution in [0.3, 0.4) is 0 Å². The Labute approximate surface area is 198 Å². The number of carbonyl (C=O) groups excluding carboxylic acids is 4. The van der Waals surface area contributed by atoms with Crippen molar-refractivity contribution in [2.45, 2.75) is 32.6 Å². The van der Waals surface area contributed by atoms with E-state index in [0.29, 0.717) is 54.9 Å². The number of benzene rings is 2. The second-order valence-corrected chi connectivity index (χ2v) is 8.76. The van der Waals surface area contributed by atoms with Gasteiger partial charge >= 0.3 is 0 Å². The number of fused-ring (bicyclic) bond motifs is 1. The van der Waals surface area contributed by atoms with Gasteiger partial charge in [-0.05, 0) is 50.5 Å². The molecule has 1 fully saturated rings. The van der Waals surface area contributed by atoms with E-state index >= 15 is 0 Å². The van der Waals surface area contributed by atoms with Crippen LogP contribution in [0.2, 0.25) is 0 Å². The van der Waals surface area contributed by atoms with Crippen LogP contribution in [-0.4, -0.2) is 60.2 Å². The zero-order chi connectivity index (χ0) is 24.2. The fourth-order valence-corrected chi connectivity index (χ4v) is 4.53. The van der Waals surface area contributed by atoms with Crippen molar-refractivity contribution in [2.24, 2.45) is 5.92 Å². The summed E-state index contributed by atoms with van der Waals surface area (Å²) in [4.78, 5) is 53.4. The van der Waals surface area contributed by atoms with E-state index in [1.54, 1.807) is 36.3 Å². The van der Waals surface area contributed by atoms with E-state index in [2.05, 4.69) is 5.32 Å². The molecule has 0 saturated carbocycles. The molecule has 0 aliphatic carbocycles. The molecular formula is C26H29N3O5. The number of para-hydroxylation sites is 2. The van der Waals surface area contributed by atoms with E-state index in [9.17, 15) is 19.2 Å². The molecule has 34 heavy (non-hydrogen) atoms. The third-order valence-corrected chi connectivity index (χ3v) is 6.48. The molecule has 0 bridgehead atoms. The van der Waals surface area contributed by atoms with Gasteiger partial charge in [0.05, 0.1) is 23.9 Å². The molecular weight excluding hydrogens is 434 g/mol. The third kappa shape index (κ3) is 4.81. The number of amides is 4. The summed E-state index contributed by atoms with van der Waals surface area (Å²) in [5, 5.41) is 2.92. The van der Waals surface area contributed by atoms with Gasteiger partial charge in [0, 0.05) is 32.0 Å². The zero-order valence-electron chi connectivity index (χ0n) is 19.5. The summed E-state index contributed by atoms with van der Waals surface area (Å²) in [5.41, 5.74) is 2.42. The molecule has 178 valence electrons. The number of likely N-dealkylation sites (tertiary alicyclic amines) is 1. The van der Waals surface area contributed by atoms with Crippen LogP contribution in [0.1, 0.15) is 52.0 Å². The van der Waals surface area contributed by atoms with Gasteiger partial charge in [-0.25, -0.2) is 0 Å². The SMILES string of the molecule is COc1ccccc1NC(=O)C1CCN(C(=O)CCCN2C(=O)c3ccc(C)cc3C2=O)CC1. The lowest BCUT2D eigenvalue weighted by atomic mass is 9.95. The first-order valence-corrected chi connectivity index (χ1v) is 11.6. The molecule has 4 rings (SSSR count). The summed E-state index contributed by atoms with van der Waals surface area (Å²) in [6.45, 7) is 3.11. The average Bonchev–Trinajstić information content (AvgIpc) is 3.08. The zero-order valence-corrected chi connectivity index (χ0v) is 19.5. The summed E-state index contributed by atoms with van der Waals surface area (Å²) in [6, 6.07) is 12.5. The molecule has 1 N–H and O–H groups in total. The second-order valence-electron chi connectivity index (χ2n) is 8.76. The van der Waals surface area contributed by atoms with Crippen LogP contribution < -0.4 is 10.1 Å². The van der Waals surface area contributed by atoms with Crippen molar-refractivity contribution in [3.8, 4) is 5.75 Å². The fourth-order valence-electron chi connectivity index (χ4n) is 4.53. The summed E-state index contributed by atoms with van der Waals surface area (Å²) < 4.78 is 5.28. The first-order valence-electron chi connectivity index (χ1n) is 11.6. The van der Waals surface area contributed by atoms with E-state index in [1.165, 1.54) is 4.90 Å². The molecule has 8 heteroatoms. The molecule has 2 aliphatic rings. The number of rotatable bonds is 7. The van der Waals surface area contributed by atoms with Crippen molar-refractivity contribution < 1.29 is 23.9 Å². The highest BCUT2D eigenvalue weighted by atomic mass is 16.5. The number of carbonyl (C=O) groups is 4. The van der Waals surface area contributed by atoms with E-state index < -0.39 is 0 Å². The minimum Gasteiger partial charge on any atom is -0.495 e. The third-order valence-electron chi connectivity index (χ3n) is 6.48. The average molecular weight is 464 g/mol. The number of nitrogens with zero attached hydrogens (tertiary/aromatic N) is 2. The van der Waals surface area contributed by atoms with Gasteiger partial charge in [0.1, 0.15) is 5.75 Å². The van der Waals surface area contributed by atoms with E-state index in [0.717, 1.165) is 5.56 Å². The summed E-state index contributed by atoms with van der Waals surface area (Å²) in [5.74, 6) is -0.242. The largest absolute Gasteiger partial charge is 0.495 e. The predicted molar refractivity (Wildman–Crippen MR) is 127 cm³/mol. The lowest BCUT2D eigenvalue weighted by Crippen LogP contribution is -2.41. The van der Waals surface area contributed by atoms with Crippen molar-refractivity contribution >= 4 is 29.3 Å². The van der Waals surface area contributed by atoms with Gasteiger partial charge in [-0.3, -0.25) is 24.1 Å². The maximum Gasteiger partial charge on any atom is 0.261 e. The second kappa shape index (κ2) is 10.1. The molecule has 0 radical (unpaired) electrons. The quantitative estimate of drug-likeness (QED) is 0.636. The summed E-state index contributed by atoms with van der Waals surface area (Å²) >= 11 is 0. The number of anilines is 1. The number of imide groups is 1. The van der Waals surface area contributed by atoms with E-state index in [1.807, 2.05) is 25.1 Å². The molecule has 2 aliphatic heterocycles. The van der Waals surface area contributed by atoms with Gasteiger partial charge in [-0.15, -0.1) is 0 Å². The van der Waals surface area contributed by atoms with Crippen molar-refractivity contribution in [3.63, 3.8) is 0 Å². The highest BCUT2D eigenvalue weighted by Crippen LogP contribution is 2.27. The minimum atomic E-state index is -0.297. The van der Waals surface area contributed by atoms with E-state index in [-0.39, 0.29) is 42.5 Å². The highest BCUT2D eigenvalue weighted by molar-refractivity contribution is 6.21. The monoisotopic (exact) mass is 463 g/mol. The van der Waals surface area contributed by atoms with Crippen molar-refractivity contribution in [3.05, 3.63) is 59.2 Å². The predicted octanol–water partition coefficient (Wildman–Crippen LogP) is 3.26. The smallest absolute Gasteiger partial charge is 0.261 e. The van der Waals surface area contributed by atoms with Crippen LogP contribution in [-0.2, 0) is 9.59 Å². The Kier molecular flexibility index (Phi) is 6.95. The van der Waals surface area contributed by atoms with Gasteiger partial charge in [0.25, 0.3) is 11.8 Å². The van der Waals surface area contributed by atoms with Crippen LogP contribution in [0.25, 0.3) is 0 Å². The van der Waals surface area contributed by atoms with Crippen LogP contribution in [0.4, 0.5) is 5.69 Å². The molecule has 8 nitrogen and oxygen atoms in total. The standard InChI is InChI=1S/C26H29N3O5/c1-17-9-10-19-20(16-17)26(33)29(25(19)32)13-5-8-23(30)28-14-11-18(12-15-28)24(31)27-21-6-3-4-7-22(21)34-2/h3-4,6-7,9-10,16,18H,5,8,11-15H2,1-2H3,(H,27,31). The van der Waals surface area contributed by atoms with Gasteiger partial charge in [-0.2, -0.15) is 0 Å². The molecule has 0 aromatic heterocycles. The van der Waals surface area contributed by atoms with E-state index in [4.69, 9.17) is 4.74 Å². The number of hydrogen-bond acceptors (Lipinski definition) is 5. The normalized spacial score (nSPS) is 15.9. The lowest BCUT2D eigenvalue weighted by Gasteiger charge is -2.31. The summed E-state index contributed by atoms with van der Waals surface area (Å²) in [7, 11) is 1.56. The Hall–Kier alpha value is -3.68. The first kappa shape index (κ1) is 23.5. The Bertz CT molecular complexity index is 1120. The summed E-state index contributed by atoms with van der Waals surface area (Å²) in [6.07, 6.45) is 1.84. The van der Waals surface area contributed by atoms with Crippen LogP contribution in [0, 0.1) is 12.8 Å². The highest BCUT2D eigenvalue weighted by Gasteiger charge is 2.35. The number of ether oxygens (including phenoxy) is 1. The van der Waals surface area contributed by atoms with Crippen LogP contribution >= 0.6 is 0 Å². The number of piperidine rings is 1. The van der Waals surface area contributed by atoms with Gasteiger partial charge in [0.15, 0.2) is 0 Å². The number of methoxy groups -OCH3 is 1. The van der Waals surface area contributed by atoms with Crippen LogP contribution in [0.5, 0.6) is 5.75 Å². The molecule has 4 amide bonds. The first-order chi connectivity index (χ1) is 16.4. The van der Waals surface area contributed by atoms with Crippen molar-refractivity contribution in [1.82, 2.24) is 9.80 Å². The molecule has 2 heterocycles. The molecule has 2 aromatic carbocycles. The lowest BCUT2D eigenvalue weighted by molar-refractivity contribution is -0.134. The number of aryl methyl sites for hydroxylation is 1. The Morgan fingerprint density at radius 3 is 2.47 bits per heavy atom. The molecule has 2 aromatic rings. The number of nitrogens with one attached hydrogen (secondary N) is 1. The Morgan fingerprint density at radius 2 is 1.74 bits per heavy atom. The van der Waals surface area contributed by atoms with Crippen molar-refractivity contribution in [1.29, 1.82) is 0 Å². The van der Waals surface area contributed by atoms with Gasteiger partial charge in [-0.1, -0.05) is 23.8 Å². The maximum atomic E-state index is 12.7. The molecule has 0 atom stereocenters. The van der Waals surface area contributed by atoms with Crippen LogP contribution in [0.15, 0.2) is 42.5 Å². The van der Waals surface area contributed by atoms with Gasteiger partial charge < -0.3 is 15.0 Å². The molecule has 1 saturated heterocycles.